The average molecular weight is 464 g/mol. The minimum absolute atomic E-state index is 0.00127. The Balaban J connectivity index is 1.73. The molecule has 3 aromatic heterocycles. The summed E-state index contributed by atoms with van der Waals surface area (Å²) in [5.74, 6) is 0. The van der Waals surface area contributed by atoms with Gasteiger partial charge < -0.3 is 4.74 Å². The Morgan fingerprint density at radius 3 is 3.00 bits per heavy atom. The number of hydrogen-bond acceptors (Lipinski definition) is 5. The minimum Gasteiger partial charge on any atom is -0.356 e. The SMILES string of the molecule is Cc1sc2c(-c3cccc4c3cnn4C3CCCCO3)nc(Cl)nc2c1Br. The van der Waals surface area contributed by atoms with Gasteiger partial charge in [-0.15, -0.1) is 11.3 Å². The van der Waals surface area contributed by atoms with Crippen LogP contribution < -0.4 is 0 Å². The number of aromatic nitrogens is 4. The number of benzene rings is 1. The number of thiophene rings is 1. The second-order valence-electron chi connectivity index (χ2n) is 6.64. The molecule has 0 bridgehead atoms. The molecule has 1 aliphatic heterocycles. The van der Waals surface area contributed by atoms with E-state index in [1.54, 1.807) is 11.3 Å². The highest BCUT2D eigenvalue weighted by Crippen LogP contribution is 2.41. The third-order valence-corrected chi connectivity index (χ3v) is 7.44. The van der Waals surface area contributed by atoms with Gasteiger partial charge in [-0.25, -0.2) is 14.6 Å². The Bertz CT molecular complexity index is 1170. The Morgan fingerprint density at radius 1 is 1.30 bits per heavy atom. The number of nitrogens with zero attached hydrogens (tertiary/aromatic N) is 4. The van der Waals surface area contributed by atoms with Crippen molar-refractivity contribution in [2.75, 3.05) is 6.61 Å². The minimum atomic E-state index is -0.00127. The third-order valence-electron chi connectivity index (χ3n) is 4.94. The van der Waals surface area contributed by atoms with Crippen molar-refractivity contribution in [2.24, 2.45) is 0 Å². The zero-order chi connectivity index (χ0) is 18.5. The molecule has 1 saturated heterocycles. The molecule has 0 saturated carbocycles. The highest BCUT2D eigenvalue weighted by atomic mass is 79.9. The summed E-state index contributed by atoms with van der Waals surface area (Å²) in [5.41, 5.74) is 3.76. The van der Waals surface area contributed by atoms with Crippen LogP contribution in [0.4, 0.5) is 0 Å². The number of hydrogen-bond donors (Lipinski definition) is 0. The van der Waals surface area contributed by atoms with Crippen LogP contribution in [0.1, 0.15) is 30.4 Å². The van der Waals surface area contributed by atoms with Crippen molar-refractivity contribution in [3.8, 4) is 11.3 Å². The molecule has 138 valence electrons. The fourth-order valence-corrected chi connectivity index (χ4v) is 5.46. The van der Waals surface area contributed by atoms with Crippen molar-refractivity contribution < 1.29 is 4.74 Å². The van der Waals surface area contributed by atoms with Crippen LogP contribution in [-0.4, -0.2) is 26.4 Å². The molecule has 27 heavy (non-hydrogen) atoms. The van der Waals surface area contributed by atoms with Gasteiger partial charge in [0.15, 0.2) is 6.23 Å². The van der Waals surface area contributed by atoms with E-state index < -0.39 is 0 Å². The summed E-state index contributed by atoms with van der Waals surface area (Å²) in [6, 6.07) is 6.19. The van der Waals surface area contributed by atoms with Crippen molar-refractivity contribution in [3.63, 3.8) is 0 Å². The summed E-state index contributed by atoms with van der Waals surface area (Å²) in [7, 11) is 0. The van der Waals surface area contributed by atoms with Gasteiger partial charge in [-0.3, -0.25) is 0 Å². The maximum atomic E-state index is 6.25. The molecule has 1 atom stereocenters. The average Bonchev–Trinajstić information content (AvgIpc) is 3.24. The molecule has 5 rings (SSSR count). The van der Waals surface area contributed by atoms with Gasteiger partial charge in [-0.2, -0.15) is 5.10 Å². The summed E-state index contributed by atoms with van der Waals surface area (Å²) >= 11 is 11.5. The molecule has 1 unspecified atom stereocenters. The van der Waals surface area contributed by atoms with Gasteiger partial charge in [0, 0.05) is 22.4 Å². The molecular weight excluding hydrogens is 448 g/mol. The topological polar surface area (TPSA) is 52.8 Å². The molecule has 0 radical (unpaired) electrons. The molecule has 0 aliphatic carbocycles. The van der Waals surface area contributed by atoms with E-state index in [9.17, 15) is 0 Å². The van der Waals surface area contributed by atoms with E-state index in [1.807, 2.05) is 16.9 Å². The van der Waals surface area contributed by atoms with Gasteiger partial charge in [-0.05, 0) is 59.8 Å². The van der Waals surface area contributed by atoms with Crippen molar-refractivity contribution >= 4 is 60.0 Å². The molecule has 1 fully saturated rings. The lowest BCUT2D eigenvalue weighted by Crippen LogP contribution is -2.18. The van der Waals surface area contributed by atoms with Crippen LogP contribution in [0.5, 0.6) is 0 Å². The summed E-state index contributed by atoms with van der Waals surface area (Å²) in [5, 5.41) is 5.93. The molecule has 0 amide bonds. The predicted octanol–water partition coefficient (Wildman–Crippen LogP) is 6.13. The largest absolute Gasteiger partial charge is 0.356 e. The Morgan fingerprint density at radius 2 is 2.19 bits per heavy atom. The van der Waals surface area contributed by atoms with Gasteiger partial charge in [0.1, 0.15) is 5.52 Å². The molecule has 5 nitrogen and oxygen atoms in total. The number of halogens is 2. The zero-order valence-corrected chi connectivity index (χ0v) is 17.7. The first-order valence-corrected chi connectivity index (χ1v) is 10.8. The van der Waals surface area contributed by atoms with Gasteiger partial charge in [-0.1, -0.05) is 12.1 Å². The molecule has 0 N–H and O–H groups in total. The second-order valence-corrected chi connectivity index (χ2v) is 9.00. The van der Waals surface area contributed by atoms with Gasteiger partial charge in [0.25, 0.3) is 0 Å². The lowest BCUT2D eigenvalue weighted by molar-refractivity contribution is -0.0366. The quantitative estimate of drug-likeness (QED) is 0.335. The van der Waals surface area contributed by atoms with Gasteiger partial charge >= 0.3 is 0 Å². The molecule has 4 heterocycles. The van der Waals surface area contributed by atoms with Gasteiger partial charge in [0.2, 0.25) is 5.28 Å². The fraction of sp³-hybridized carbons (Fsp3) is 0.316. The normalized spacial score (nSPS) is 17.8. The fourth-order valence-electron chi connectivity index (χ4n) is 3.64. The third kappa shape index (κ3) is 2.88. The van der Waals surface area contributed by atoms with Crippen LogP contribution in [0.25, 0.3) is 32.4 Å². The summed E-state index contributed by atoms with van der Waals surface area (Å²) in [6.45, 7) is 2.85. The molecular formula is C19H16BrClN4OS. The van der Waals surface area contributed by atoms with Crippen molar-refractivity contribution in [1.29, 1.82) is 0 Å². The number of ether oxygens (including phenoxy) is 1. The van der Waals surface area contributed by atoms with Crippen molar-refractivity contribution in [3.05, 3.63) is 39.0 Å². The first-order valence-electron chi connectivity index (χ1n) is 8.84. The maximum absolute atomic E-state index is 6.25. The lowest BCUT2D eigenvalue weighted by atomic mass is 10.1. The van der Waals surface area contributed by atoms with Crippen LogP contribution in [0, 0.1) is 6.92 Å². The number of rotatable bonds is 2. The molecule has 0 spiro atoms. The monoisotopic (exact) mass is 462 g/mol. The van der Waals surface area contributed by atoms with Crippen LogP contribution >= 0.6 is 38.9 Å². The lowest BCUT2D eigenvalue weighted by Gasteiger charge is -2.23. The first kappa shape index (κ1) is 17.6. The zero-order valence-electron chi connectivity index (χ0n) is 14.6. The van der Waals surface area contributed by atoms with Crippen molar-refractivity contribution in [2.45, 2.75) is 32.4 Å². The Kier molecular flexibility index (Phi) is 4.43. The number of fused-ring (bicyclic) bond motifs is 2. The first-order chi connectivity index (χ1) is 13.1. The predicted molar refractivity (Wildman–Crippen MR) is 112 cm³/mol. The Labute approximate surface area is 173 Å². The highest BCUT2D eigenvalue weighted by molar-refractivity contribution is 9.10. The molecule has 1 aromatic carbocycles. The molecule has 8 heteroatoms. The van der Waals surface area contributed by atoms with E-state index in [0.717, 1.165) is 67.6 Å². The van der Waals surface area contributed by atoms with Crippen molar-refractivity contribution in [1.82, 2.24) is 19.7 Å². The molecule has 4 aromatic rings. The van der Waals surface area contributed by atoms with E-state index in [2.05, 4.69) is 50.1 Å². The Hall–Kier alpha value is -1.54. The van der Waals surface area contributed by atoms with E-state index in [-0.39, 0.29) is 11.5 Å². The van der Waals surface area contributed by atoms with Crippen LogP contribution in [0.15, 0.2) is 28.9 Å². The van der Waals surface area contributed by atoms with Gasteiger partial charge in [0.05, 0.1) is 26.6 Å². The van der Waals surface area contributed by atoms with Crippen LogP contribution in [0.2, 0.25) is 5.28 Å². The summed E-state index contributed by atoms with van der Waals surface area (Å²) in [4.78, 5) is 10.1. The highest BCUT2D eigenvalue weighted by Gasteiger charge is 2.22. The van der Waals surface area contributed by atoms with E-state index in [4.69, 9.17) is 16.3 Å². The summed E-state index contributed by atoms with van der Waals surface area (Å²) in [6.07, 6.45) is 5.17. The van der Waals surface area contributed by atoms with Crippen LogP contribution in [0.3, 0.4) is 0 Å². The maximum Gasteiger partial charge on any atom is 0.223 e. The van der Waals surface area contributed by atoms with E-state index >= 15 is 0 Å². The number of aryl methyl sites for hydroxylation is 1. The van der Waals surface area contributed by atoms with Crippen LogP contribution in [-0.2, 0) is 4.74 Å². The van der Waals surface area contributed by atoms with E-state index in [0.29, 0.717) is 0 Å². The smallest absolute Gasteiger partial charge is 0.223 e. The van der Waals surface area contributed by atoms with E-state index in [1.165, 1.54) is 0 Å². The second kappa shape index (κ2) is 6.81. The standard InChI is InChI=1S/C19H16BrClN4OS/c1-10-15(20)17-18(27-10)16(23-19(21)24-17)11-5-4-6-13-12(11)9-22-25(13)14-7-2-3-8-26-14/h4-6,9,14H,2-3,7-8H2,1H3. The summed E-state index contributed by atoms with van der Waals surface area (Å²) < 4.78 is 9.93. The molecule has 1 aliphatic rings.